The van der Waals surface area contributed by atoms with E-state index < -0.39 is 0 Å². The quantitative estimate of drug-likeness (QED) is 0.377. The van der Waals surface area contributed by atoms with Crippen LogP contribution in [0.2, 0.25) is 0 Å². The lowest BCUT2D eigenvalue weighted by molar-refractivity contribution is 0.0746. The third kappa shape index (κ3) is 3.96. The van der Waals surface area contributed by atoms with Crippen LogP contribution in [-0.2, 0) is 6.42 Å². The highest BCUT2D eigenvalue weighted by atomic mass is 16.5. The van der Waals surface area contributed by atoms with Gasteiger partial charge in [-0.05, 0) is 60.7 Å². The number of aromatic nitrogens is 2. The van der Waals surface area contributed by atoms with Crippen molar-refractivity contribution < 1.29 is 19.4 Å². The number of carbonyl (C=O) groups is 1. The molecule has 0 saturated carbocycles. The first-order chi connectivity index (χ1) is 17.4. The second-order valence-electron chi connectivity index (χ2n) is 9.09. The van der Waals surface area contributed by atoms with Gasteiger partial charge in [0.15, 0.2) is 11.5 Å². The lowest BCUT2D eigenvalue weighted by atomic mass is 9.93. The molecule has 0 radical (unpaired) electrons. The van der Waals surface area contributed by atoms with Crippen LogP contribution in [0.1, 0.15) is 44.3 Å². The predicted octanol–water partition coefficient (Wildman–Crippen LogP) is 5.20. The number of benzene rings is 3. The number of rotatable bonds is 7. The van der Waals surface area contributed by atoms with Gasteiger partial charge >= 0.3 is 0 Å². The van der Waals surface area contributed by atoms with Gasteiger partial charge in [-0.15, -0.1) is 0 Å². The summed E-state index contributed by atoms with van der Waals surface area (Å²) >= 11 is 0. The maximum absolute atomic E-state index is 13.6. The number of aromatic hydroxyl groups is 1. The number of phenolic OH excluding ortho intramolecular Hbond substituents is 1. The molecule has 1 aromatic heterocycles. The summed E-state index contributed by atoms with van der Waals surface area (Å²) in [7, 11) is 3.22. The number of carbonyl (C=O) groups excluding carboxylic acids is 1. The number of fused-ring (bicyclic) bond motifs is 1. The molecule has 0 bridgehead atoms. The van der Waals surface area contributed by atoms with Crippen LogP contribution in [0.4, 0.5) is 0 Å². The molecule has 0 spiro atoms. The molecule has 36 heavy (non-hydrogen) atoms. The van der Waals surface area contributed by atoms with Gasteiger partial charge in [0, 0.05) is 17.7 Å². The first kappa shape index (κ1) is 23.5. The average molecular weight is 484 g/mol. The number of nitrogens with one attached hydrogen (secondary N) is 1. The van der Waals surface area contributed by atoms with Crippen molar-refractivity contribution in [1.82, 2.24) is 15.1 Å². The number of methoxy groups -OCH3 is 2. The number of aryl methyl sites for hydroxylation is 2. The molecule has 0 aliphatic carbocycles. The number of amides is 1. The normalized spacial score (nSPS) is 14.7. The fourth-order valence-electron chi connectivity index (χ4n) is 5.14. The van der Waals surface area contributed by atoms with Gasteiger partial charge in [-0.3, -0.25) is 9.89 Å². The Kier molecular flexibility index (Phi) is 6.14. The Balaban J connectivity index is 1.55. The van der Waals surface area contributed by atoms with Crippen molar-refractivity contribution >= 4 is 5.91 Å². The van der Waals surface area contributed by atoms with Crippen LogP contribution in [0.15, 0.2) is 60.7 Å². The molecule has 184 valence electrons. The van der Waals surface area contributed by atoms with E-state index in [0.29, 0.717) is 41.4 Å². The molecule has 1 aliphatic heterocycles. The van der Waals surface area contributed by atoms with Crippen molar-refractivity contribution in [2.75, 3.05) is 20.8 Å². The van der Waals surface area contributed by atoms with Crippen molar-refractivity contribution in [3.05, 3.63) is 94.2 Å². The summed E-state index contributed by atoms with van der Waals surface area (Å²) in [5.41, 5.74) is 6.41. The van der Waals surface area contributed by atoms with Gasteiger partial charge in [0.25, 0.3) is 5.91 Å². The number of hydrogen-bond acceptors (Lipinski definition) is 5. The van der Waals surface area contributed by atoms with E-state index in [9.17, 15) is 9.90 Å². The highest BCUT2D eigenvalue weighted by Crippen LogP contribution is 2.45. The highest BCUT2D eigenvalue weighted by Gasteiger charge is 2.42. The van der Waals surface area contributed by atoms with Gasteiger partial charge in [0.05, 0.1) is 20.3 Å². The number of hydrogen-bond donors (Lipinski definition) is 2. The zero-order valence-corrected chi connectivity index (χ0v) is 20.8. The van der Waals surface area contributed by atoms with Crippen molar-refractivity contribution in [1.29, 1.82) is 0 Å². The summed E-state index contributed by atoms with van der Waals surface area (Å²) < 4.78 is 10.8. The molecule has 2 N–H and O–H groups in total. The summed E-state index contributed by atoms with van der Waals surface area (Å²) in [6, 6.07) is 19.2. The molecule has 3 aromatic carbocycles. The molecule has 7 heteroatoms. The predicted molar refractivity (Wildman–Crippen MR) is 138 cm³/mol. The number of nitrogens with zero attached hydrogens (tertiary/aromatic N) is 2. The topological polar surface area (TPSA) is 87.7 Å². The molecule has 4 aromatic rings. The molecule has 2 heterocycles. The smallest absolute Gasteiger partial charge is 0.273 e. The van der Waals surface area contributed by atoms with E-state index in [1.165, 1.54) is 0 Å². The van der Waals surface area contributed by atoms with Crippen LogP contribution in [0, 0.1) is 13.8 Å². The van der Waals surface area contributed by atoms with Crippen LogP contribution < -0.4 is 9.47 Å². The van der Waals surface area contributed by atoms with Crippen molar-refractivity contribution in [2.45, 2.75) is 26.3 Å². The summed E-state index contributed by atoms with van der Waals surface area (Å²) in [6.45, 7) is 4.39. The number of phenols is 1. The van der Waals surface area contributed by atoms with E-state index >= 15 is 0 Å². The van der Waals surface area contributed by atoms with Crippen LogP contribution in [-0.4, -0.2) is 46.9 Å². The minimum atomic E-state index is -0.331. The van der Waals surface area contributed by atoms with Crippen LogP contribution in [0.25, 0.3) is 11.3 Å². The fourth-order valence-corrected chi connectivity index (χ4v) is 5.14. The zero-order valence-electron chi connectivity index (χ0n) is 20.8. The lowest BCUT2D eigenvalue weighted by Crippen LogP contribution is -2.31. The molecule has 1 atom stereocenters. The van der Waals surface area contributed by atoms with Gasteiger partial charge in [-0.25, -0.2) is 0 Å². The average Bonchev–Trinajstić information content (AvgIpc) is 3.41. The van der Waals surface area contributed by atoms with Crippen molar-refractivity contribution in [3.63, 3.8) is 0 Å². The standard InChI is InChI=1S/C29H29N3O4/c1-17-14-18(2)24(21(33)15-17)26-25-27(31-30-26)29(34)32(28(25)20-8-6-5-7-9-20)13-12-19-10-11-22(35-3)23(16-19)36-4/h5-11,14-16,28,33H,12-13H2,1-4H3,(H,30,31). The molecule has 1 amide bonds. The van der Waals surface area contributed by atoms with Crippen LogP contribution in [0.5, 0.6) is 17.2 Å². The molecule has 1 aliphatic rings. The number of ether oxygens (including phenoxy) is 2. The Morgan fingerprint density at radius 1 is 1.00 bits per heavy atom. The van der Waals surface area contributed by atoms with Crippen molar-refractivity contribution in [3.8, 4) is 28.5 Å². The number of aromatic amines is 1. The number of H-pyrrole nitrogens is 1. The van der Waals surface area contributed by atoms with E-state index in [-0.39, 0.29) is 17.7 Å². The second-order valence-corrected chi connectivity index (χ2v) is 9.09. The fraction of sp³-hybridized carbons (Fsp3) is 0.241. The van der Waals surface area contributed by atoms with Gasteiger partial charge < -0.3 is 19.5 Å². The van der Waals surface area contributed by atoms with Crippen LogP contribution in [0.3, 0.4) is 0 Å². The van der Waals surface area contributed by atoms with Gasteiger partial charge in [-0.2, -0.15) is 5.10 Å². The monoisotopic (exact) mass is 483 g/mol. The third-order valence-electron chi connectivity index (χ3n) is 6.76. The molecule has 0 fully saturated rings. The molecule has 5 rings (SSSR count). The van der Waals surface area contributed by atoms with E-state index in [4.69, 9.17) is 9.47 Å². The van der Waals surface area contributed by atoms with E-state index in [2.05, 4.69) is 10.2 Å². The SMILES string of the molecule is COc1ccc(CCN2C(=O)c3[nH]nc(-c4c(C)cc(C)cc4O)c3C2c2ccccc2)cc1OC. The van der Waals surface area contributed by atoms with E-state index in [1.54, 1.807) is 20.3 Å². The summed E-state index contributed by atoms with van der Waals surface area (Å²) in [4.78, 5) is 15.5. The van der Waals surface area contributed by atoms with E-state index in [0.717, 1.165) is 27.8 Å². The first-order valence-corrected chi connectivity index (χ1v) is 11.9. The van der Waals surface area contributed by atoms with Gasteiger partial charge in [0.1, 0.15) is 17.1 Å². The Morgan fingerprint density at radius 2 is 1.75 bits per heavy atom. The Labute approximate surface area is 210 Å². The third-order valence-corrected chi connectivity index (χ3v) is 6.76. The zero-order chi connectivity index (χ0) is 25.4. The van der Waals surface area contributed by atoms with E-state index in [1.807, 2.05) is 73.3 Å². The highest BCUT2D eigenvalue weighted by molar-refractivity contribution is 6.00. The maximum Gasteiger partial charge on any atom is 0.273 e. The summed E-state index contributed by atoms with van der Waals surface area (Å²) in [5.74, 6) is 1.37. The Hall–Kier alpha value is -4.26. The Morgan fingerprint density at radius 3 is 2.44 bits per heavy atom. The molecule has 0 saturated heterocycles. The molecular weight excluding hydrogens is 454 g/mol. The van der Waals surface area contributed by atoms with Gasteiger partial charge in [-0.1, -0.05) is 42.5 Å². The summed E-state index contributed by atoms with van der Waals surface area (Å²) in [5, 5.41) is 18.3. The molecule has 7 nitrogen and oxygen atoms in total. The lowest BCUT2D eigenvalue weighted by Gasteiger charge is -2.27. The van der Waals surface area contributed by atoms with Crippen molar-refractivity contribution in [2.24, 2.45) is 0 Å². The molecule has 1 unspecified atom stereocenters. The molecular formula is C29H29N3O4. The van der Waals surface area contributed by atoms with Crippen LogP contribution >= 0.6 is 0 Å². The van der Waals surface area contributed by atoms with Gasteiger partial charge in [0.2, 0.25) is 0 Å². The Bertz CT molecular complexity index is 1400. The first-order valence-electron chi connectivity index (χ1n) is 11.9. The maximum atomic E-state index is 13.6. The minimum absolute atomic E-state index is 0.109. The summed E-state index contributed by atoms with van der Waals surface area (Å²) in [6.07, 6.45) is 0.636. The minimum Gasteiger partial charge on any atom is -0.507 e. The second kappa shape index (κ2) is 9.41. The largest absolute Gasteiger partial charge is 0.507 e.